The Morgan fingerprint density at radius 1 is 1.21 bits per heavy atom. The minimum absolute atomic E-state index is 0.355. The standard InChI is InChI=1S/C9H14O5/c1-6(10)4-9(13,7(2)11)5-8(12)14-3/h13H,4-5H2,1-3H3. The zero-order valence-corrected chi connectivity index (χ0v) is 8.49. The number of carbonyl (C=O) groups is 3. The highest BCUT2D eigenvalue weighted by atomic mass is 16.5. The lowest BCUT2D eigenvalue weighted by molar-refractivity contribution is -0.154. The molecule has 0 heterocycles. The second-order valence-electron chi connectivity index (χ2n) is 3.22. The molecule has 5 heteroatoms. The molecule has 5 nitrogen and oxygen atoms in total. The molecule has 0 spiro atoms. The molecular formula is C9H14O5. The van der Waals surface area contributed by atoms with Crippen molar-refractivity contribution in [1.82, 2.24) is 0 Å². The molecule has 1 atom stereocenters. The van der Waals surface area contributed by atoms with Gasteiger partial charge in [-0.05, 0) is 13.8 Å². The highest BCUT2D eigenvalue weighted by Gasteiger charge is 2.36. The van der Waals surface area contributed by atoms with Gasteiger partial charge in [0.15, 0.2) is 5.78 Å². The molecular weight excluding hydrogens is 188 g/mol. The predicted molar refractivity (Wildman–Crippen MR) is 47.6 cm³/mol. The Morgan fingerprint density at radius 3 is 2.00 bits per heavy atom. The van der Waals surface area contributed by atoms with E-state index in [2.05, 4.69) is 4.74 Å². The Kier molecular flexibility index (Phi) is 4.43. The van der Waals surface area contributed by atoms with E-state index in [9.17, 15) is 19.5 Å². The van der Waals surface area contributed by atoms with Gasteiger partial charge in [0.05, 0.1) is 13.5 Å². The molecule has 0 radical (unpaired) electrons. The van der Waals surface area contributed by atoms with Crippen molar-refractivity contribution < 1.29 is 24.2 Å². The van der Waals surface area contributed by atoms with Crippen LogP contribution in [0.3, 0.4) is 0 Å². The van der Waals surface area contributed by atoms with Crippen LogP contribution < -0.4 is 0 Å². The second-order valence-corrected chi connectivity index (χ2v) is 3.22. The van der Waals surface area contributed by atoms with Gasteiger partial charge in [-0.3, -0.25) is 14.4 Å². The number of hydrogen-bond acceptors (Lipinski definition) is 5. The minimum atomic E-state index is -1.92. The quantitative estimate of drug-likeness (QED) is 0.627. The summed E-state index contributed by atoms with van der Waals surface area (Å²) in [6.45, 7) is 2.37. The Hall–Kier alpha value is -1.23. The average molecular weight is 202 g/mol. The summed E-state index contributed by atoms with van der Waals surface area (Å²) in [7, 11) is 1.15. The summed E-state index contributed by atoms with van der Waals surface area (Å²) < 4.78 is 4.32. The molecule has 0 rings (SSSR count). The maximum Gasteiger partial charge on any atom is 0.308 e. The average Bonchev–Trinajstić information content (AvgIpc) is 2.02. The topological polar surface area (TPSA) is 80.7 Å². The van der Waals surface area contributed by atoms with E-state index in [1.54, 1.807) is 0 Å². The van der Waals surface area contributed by atoms with E-state index in [1.165, 1.54) is 6.92 Å². The molecule has 14 heavy (non-hydrogen) atoms. The Morgan fingerprint density at radius 2 is 1.71 bits per heavy atom. The van der Waals surface area contributed by atoms with E-state index in [-0.39, 0.29) is 12.2 Å². The van der Waals surface area contributed by atoms with Crippen LogP contribution in [0.15, 0.2) is 0 Å². The van der Waals surface area contributed by atoms with E-state index < -0.39 is 23.8 Å². The maximum absolute atomic E-state index is 11.0. The Labute approximate surface area is 82.1 Å². The fraction of sp³-hybridized carbons (Fsp3) is 0.667. The molecule has 0 saturated carbocycles. The van der Waals surface area contributed by atoms with Crippen LogP contribution >= 0.6 is 0 Å². The van der Waals surface area contributed by atoms with Crippen LogP contribution in [-0.4, -0.2) is 35.4 Å². The first-order valence-electron chi connectivity index (χ1n) is 4.11. The molecule has 0 aromatic heterocycles. The lowest BCUT2D eigenvalue weighted by Gasteiger charge is -2.22. The first-order chi connectivity index (χ1) is 6.31. The van der Waals surface area contributed by atoms with Crippen molar-refractivity contribution in [3.63, 3.8) is 0 Å². The van der Waals surface area contributed by atoms with Crippen molar-refractivity contribution in [1.29, 1.82) is 0 Å². The van der Waals surface area contributed by atoms with Crippen LogP contribution in [-0.2, 0) is 19.1 Å². The minimum Gasteiger partial charge on any atom is -0.469 e. The molecule has 80 valence electrons. The summed E-state index contributed by atoms with van der Waals surface area (Å²) in [5, 5.41) is 9.69. The first-order valence-corrected chi connectivity index (χ1v) is 4.11. The van der Waals surface area contributed by atoms with Gasteiger partial charge in [0, 0.05) is 6.42 Å². The molecule has 0 aliphatic heterocycles. The van der Waals surface area contributed by atoms with Crippen molar-refractivity contribution in [3.05, 3.63) is 0 Å². The van der Waals surface area contributed by atoms with Crippen LogP contribution in [0.5, 0.6) is 0 Å². The van der Waals surface area contributed by atoms with Crippen LogP contribution in [0.4, 0.5) is 0 Å². The normalized spacial score (nSPS) is 14.3. The number of aliphatic hydroxyl groups is 1. The summed E-state index contributed by atoms with van der Waals surface area (Å²) in [5.41, 5.74) is -1.92. The van der Waals surface area contributed by atoms with Gasteiger partial charge < -0.3 is 9.84 Å². The highest BCUT2D eigenvalue weighted by molar-refractivity contribution is 5.94. The Bertz CT molecular complexity index is 258. The van der Waals surface area contributed by atoms with Crippen molar-refractivity contribution in [2.24, 2.45) is 0 Å². The van der Waals surface area contributed by atoms with Crippen LogP contribution in [0.25, 0.3) is 0 Å². The van der Waals surface area contributed by atoms with Gasteiger partial charge in [0.2, 0.25) is 0 Å². The van der Waals surface area contributed by atoms with Gasteiger partial charge in [-0.2, -0.15) is 0 Å². The first kappa shape index (κ1) is 12.8. The molecule has 0 saturated heterocycles. The summed E-state index contributed by atoms with van der Waals surface area (Å²) in [4.78, 5) is 32.7. The third-order valence-electron chi connectivity index (χ3n) is 1.86. The molecule has 1 unspecified atom stereocenters. The molecule has 0 aromatic carbocycles. The lowest BCUT2D eigenvalue weighted by Crippen LogP contribution is -2.41. The third kappa shape index (κ3) is 3.66. The van der Waals surface area contributed by atoms with Gasteiger partial charge in [-0.15, -0.1) is 0 Å². The smallest absolute Gasteiger partial charge is 0.308 e. The van der Waals surface area contributed by atoms with Crippen molar-refractivity contribution in [3.8, 4) is 0 Å². The molecule has 0 bridgehead atoms. The van der Waals surface area contributed by atoms with E-state index in [0.29, 0.717) is 0 Å². The van der Waals surface area contributed by atoms with E-state index >= 15 is 0 Å². The number of ketones is 2. The predicted octanol–water partition coefficient (Wildman–Crippen LogP) is -0.151. The monoisotopic (exact) mass is 202 g/mol. The van der Waals surface area contributed by atoms with Gasteiger partial charge >= 0.3 is 5.97 Å². The SMILES string of the molecule is COC(=O)CC(O)(CC(C)=O)C(C)=O. The van der Waals surface area contributed by atoms with Crippen LogP contribution in [0.1, 0.15) is 26.7 Å². The van der Waals surface area contributed by atoms with Crippen LogP contribution in [0.2, 0.25) is 0 Å². The summed E-state index contributed by atoms with van der Waals surface area (Å²) in [6, 6.07) is 0. The van der Waals surface area contributed by atoms with E-state index in [0.717, 1.165) is 14.0 Å². The molecule has 0 aliphatic carbocycles. The maximum atomic E-state index is 11.0. The lowest BCUT2D eigenvalue weighted by atomic mass is 9.90. The van der Waals surface area contributed by atoms with Crippen molar-refractivity contribution in [2.45, 2.75) is 32.3 Å². The van der Waals surface area contributed by atoms with Crippen molar-refractivity contribution in [2.75, 3.05) is 7.11 Å². The van der Waals surface area contributed by atoms with E-state index in [1.807, 2.05) is 0 Å². The molecule has 0 aliphatic rings. The summed E-state index contributed by atoms with van der Waals surface area (Å²) in [5.74, 6) is -1.69. The third-order valence-corrected chi connectivity index (χ3v) is 1.86. The second kappa shape index (κ2) is 4.85. The number of ether oxygens (including phenoxy) is 1. The molecule has 0 amide bonds. The molecule has 0 fully saturated rings. The highest BCUT2D eigenvalue weighted by Crippen LogP contribution is 2.17. The van der Waals surface area contributed by atoms with Crippen molar-refractivity contribution >= 4 is 17.5 Å². The summed E-state index contributed by atoms with van der Waals surface area (Å²) in [6.07, 6.45) is -0.851. The fourth-order valence-corrected chi connectivity index (χ4v) is 1.03. The molecule has 1 N–H and O–H groups in total. The van der Waals surface area contributed by atoms with Gasteiger partial charge in [0.25, 0.3) is 0 Å². The number of carbonyl (C=O) groups excluding carboxylic acids is 3. The number of hydrogen-bond donors (Lipinski definition) is 1. The number of rotatable bonds is 5. The van der Waals surface area contributed by atoms with Gasteiger partial charge in [-0.1, -0.05) is 0 Å². The van der Waals surface area contributed by atoms with E-state index in [4.69, 9.17) is 0 Å². The molecule has 0 aromatic rings. The fourth-order valence-electron chi connectivity index (χ4n) is 1.03. The van der Waals surface area contributed by atoms with Crippen LogP contribution in [0, 0.1) is 0 Å². The van der Waals surface area contributed by atoms with Gasteiger partial charge in [0.1, 0.15) is 11.4 Å². The van der Waals surface area contributed by atoms with Gasteiger partial charge in [-0.25, -0.2) is 0 Å². The Balaban J connectivity index is 4.63. The summed E-state index contributed by atoms with van der Waals surface area (Å²) >= 11 is 0. The number of esters is 1. The number of methoxy groups -OCH3 is 1. The number of Topliss-reactive ketones (excluding diaryl/α,β-unsaturated/α-hetero) is 2. The zero-order valence-electron chi connectivity index (χ0n) is 8.49. The zero-order chi connectivity index (χ0) is 11.4. The largest absolute Gasteiger partial charge is 0.469 e.